The maximum absolute atomic E-state index is 2.29. The van der Waals surface area contributed by atoms with E-state index in [0.717, 1.165) is 0 Å². The molecule has 0 aliphatic rings. The average molecular weight is 881 g/mol. The standard InChI is InChI=1S/6C6H5.2Bi/c6*1-2-4-6-5-3-1;;/h6*1-5H;;. The van der Waals surface area contributed by atoms with Crippen molar-refractivity contribution in [2.45, 2.75) is 0 Å². The van der Waals surface area contributed by atoms with Crippen molar-refractivity contribution >= 4 is 63.1 Å². The van der Waals surface area contributed by atoms with Gasteiger partial charge in [0.15, 0.2) is 0 Å². The molecule has 38 heavy (non-hydrogen) atoms. The van der Waals surface area contributed by atoms with Crippen LogP contribution in [-0.4, -0.2) is 43.5 Å². The summed E-state index contributed by atoms with van der Waals surface area (Å²) in [6.07, 6.45) is 0. The number of rotatable bonds is 6. The fourth-order valence-electron chi connectivity index (χ4n) is 4.36. The molecule has 0 saturated carbocycles. The molecule has 0 saturated heterocycles. The van der Waals surface area contributed by atoms with E-state index in [1.807, 2.05) is 0 Å². The Labute approximate surface area is 243 Å². The molecule has 0 amide bonds. The second kappa shape index (κ2) is 14.3. The van der Waals surface area contributed by atoms with E-state index in [0.29, 0.717) is 0 Å². The van der Waals surface area contributed by atoms with Gasteiger partial charge in [-0.3, -0.25) is 0 Å². The van der Waals surface area contributed by atoms with Gasteiger partial charge < -0.3 is 0 Å². The van der Waals surface area contributed by atoms with Crippen LogP contribution in [0.15, 0.2) is 182 Å². The molecule has 0 heterocycles. The summed E-state index contributed by atoms with van der Waals surface area (Å²) in [5.74, 6) is 0. The third kappa shape index (κ3) is 7.14. The molecule has 0 spiro atoms. The Bertz CT molecular complexity index is 1170. The van der Waals surface area contributed by atoms with Gasteiger partial charge in [-0.05, 0) is 0 Å². The number of benzene rings is 6. The maximum atomic E-state index is 2.29. The quantitative estimate of drug-likeness (QED) is 0.218. The molecule has 0 unspecified atom stereocenters. The Kier molecular flexibility index (Phi) is 10.0. The third-order valence-corrected chi connectivity index (χ3v) is 25.1. The van der Waals surface area contributed by atoms with E-state index in [1.54, 1.807) is 0 Å². The molecule has 6 rings (SSSR count). The van der Waals surface area contributed by atoms with Crippen molar-refractivity contribution in [3.05, 3.63) is 182 Å². The van der Waals surface area contributed by atoms with Crippen molar-refractivity contribution < 1.29 is 0 Å². The number of hydrogen-bond donors (Lipinski definition) is 0. The van der Waals surface area contributed by atoms with Gasteiger partial charge in [0.05, 0.1) is 0 Å². The summed E-state index contributed by atoms with van der Waals surface area (Å²) in [5.41, 5.74) is 0. The molecule has 0 aliphatic carbocycles. The first-order valence-electron chi connectivity index (χ1n) is 12.8. The van der Waals surface area contributed by atoms with E-state index in [-0.39, 0.29) is 0 Å². The summed E-state index contributed by atoms with van der Waals surface area (Å²) in [5, 5.41) is 0. The molecular weight excluding hydrogens is 850 g/mol. The van der Waals surface area contributed by atoms with Crippen molar-refractivity contribution in [1.29, 1.82) is 0 Å². The van der Waals surface area contributed by atoms with Crippen molar-refractivity contribution in [1.82, 2.24) is 0 Å². The summed E-state index contributed by atoms with van der Waals surface area (Å²) in [4.78, 5) is 0. The van der Waals surface area contributed by atoms with Crippen molar-refractivity contribution in [3.63, 3.8) is 0 Å². The third-order valence-electron chi connectivity index (χ3n) is 6.09. The van der Waals surface area contributed by atoms with Crippen LogP contribution in [0.25, 0.3) is 0 Å². The Balaban J connectivity index is 0.000000155. The predicted octanol–water partition coefficient (Wildman–Crippen LogP) is 4.41. The molecule has 184 valence electrons. The Morgan fingerprint density at radius 1 is 0.184 bits per heavy atom. The first-order chi connectivity index (χ1) is 18.9. The molecule has 0 N–H and O–H groups in total. The van der Waals surface area contributed by atoms with Crippen LogP contribution in [0, 0.1) is 0 Å². The molecular formula is C36H30Bi2. The topological polar surface area (TPSA) is 0 Å². The summed E-state index contributed by atoms with van der Waals surface area (Å²) in [6.45, 7) is 0. The molecule has 0 aliphatic heterocycles. The molecule has 0 nitrogen and oxygen atoms in total. The molecule has 2 heteroatoms. The Hall–Kier alpha value is -2.91. The summed E-state index contributed by atoms with van der Waals surface area (Å²) < 4.78 is 9.22. The van der Waals surface area contributed by atoms with E-state index < -0.39 is 43.5 Å². The second-order valence-electron chi connectivity index (χ2n) is 8.68. The van der Waals surface area contributed by atoms with Gasteiger partial charge in [-0.25, -0.2) is 0 Å². The predicted molar refractivity (Wildman–Crippen MR) is 168 cm³/mol. The van der Waals surface area contributed by atoms with Crippen LogP contribution < -0.4 is 19.6 Å². The molecule has 6 aromatic rings. The minimum absolute atomic E-state index is 1.54. The van der Waals surface area contributed by atoms with E-state index in [2.05, 4.69) is 182 Å². The van der Waals surface area contributed by atoms with Gasteiger partial charge in [-0.2, -0.15) is 0 Å². The van der Waals surface area contributed by atoms with Gasteiger partial charge >= 0.3 is 245 Å². The number of hydrogen-bond acceptors (Lipinski definition) is 0. The molecule has 0 aromatic heterocycles. The fourth-order valence-corrected chi connectivity index (χ4v) is 22.3. The van der Waals surface area contributed by atoms with Crippen LogP contribution in [-0.2, 0) is 0 Å². The zero-order valence-electron chi connectivity index (χ0n) is 21.2. The van der Waals surface area contributed by atoms with Gasteiger partial charge in [-0.1, -0.05) is 0 Å². The molecule has 0 atom stereocenters. The van der Waals surface area contributed by atoms with Crippen LogP contribution in [0.5, 0.6) is 0 Å². The van der Waals surface area contributed by atoms with Crippen LogP contribution in [0.2, 0.25) is 0 Å². The van der Waals surface area contributed by atoms with E-state index in [9.17, 15) is 0 Å². The minimum atomic E-state index is -2.06. The van der Waals surface area contributed by atoms with Crippen molar-refractivity contribution in [3.8, 4) is 0 Å². The van der Waals surface area contributed by atoms with Gasteiger partial charge in [0.2, 0.25) is 0 Å². The SMILES string of the molecule is c1cc[c]([Bi]([c]2ccccc2)[c]2ccccc2)cc1.c1cc[c]([Bi]([c]2ccccc2)[c]2ccccc2)cc1. The van der Waals surface area contributed by atoms with E-state index in [4.69, 9.17) is 0 Å². The van der Waals surface area contributed by atoms with Gasteiger partial charge in [-0.15, -0.1) is 0 Å². The second-order valence-corrected chi connectivity index (χ2v) is 25.9. The fraction of sp³-hybridized carbons (Fsp3) is 0. The molecule has 6 aromatic carbocycles. The zero-order valence-corrected chi connectivity index (χ0v) is 28.2. The molecule has 0 radical (unpaired) electrons. The zero-order chi connectivity index (χ0) is 25.8. The van der Waals surface area contributed by atoms with Crippen molar-refractivity contribution in [2.24, 2.45) is 0 Å². The van der Waals surface area contributed by atoms with E-state index >= 15 is 0 Å². The first kappa shape index (κ1) is 26.7. The first-order valence-corrected chi connectivity index (χ1v) is 23.2. The van der Waals surface area contributed by atoms with Gasteiger partial charge in [0.1, 0.15) is 0 Å². The average Bonchev–Trinajstić information content (AvgIpc) is 3.01. The van der Waals surface area contributed by atoms with E-state index in [1.165, 1.54) is 19.6 Å². The van der Waals surface area contributed by atoms with Crippen LogP contribution >= 0.6 is 0 Å². The van der Waals surface area contributed by atoms with Gasteiger partial charge in [0.25, 0.3) is 0 Å². The Morgan fingerprint density at radius 3 is 0.447 bits per heavy atom. The summed E-state index contributed by atoms with van der Waals surface area (Å²) in [6, 6.07) is 65.9. The van der Waals surface area contributed by atoms with Crippen LogP contribution in [0.4, 0.5) is 0 Å². The van der Waals surface area contributed by atoms with Crippen LogP contribution in [0.1, 0.15) is 0 Å². The Morgan fingerprint density at radius 2 is 0.316 bits per heavy atom. The van der Waals surface area contributed by atoms with Crippen molar-refractivity contribution in [2.75, 3.05) is 0 Å². The molecule has 0 bridgehead atoms. The summed E-state index contributed by atoms with van der Waals surface area (Å²) in [7, 11) is 0. The molecule has 0 fully saturated rings. The summed E-state index contributed by atoms with van der Waals surface area (Å²) >= 11 is -4.13. The normalized spacial score (nSPS) is 10.6. The van der Waals surface area contributed by atoms with Gasteiger partial charge in [0, 0.05) is 0 Å². The monoisotopic (exact) mass is 880 g/mol. The van der Waals surface area contributed by atoms with Crippen LogP contribution in [0.3, 0.4) is 0 Å².